The van der Waals surface area contributed by atoms with Gasteiger partial charge in [-0.2, -0.15) is 0 Å². The lowest BCUT2D eigenvalue weighted by Gasteiger charge is -2.35. The monoisotopic (exact) mass is 177 g/mol. The molecular weight excluding hydrogens is 158 g/mol. The van der Waals surface area contributed by atoms with Crippen LogP contribution < -0.4 is 0 Å². The summed E-state index contributed by atoms with van der Waals surface area (Å²) in [6.45, 7) is 4.78. The average molecular weight is 177 g/mol. The number of rotatable bonds is 1. The van der Waals surface area contributed by atoms with E-state index in [-0.39, 0.29) is 0 Å². The number of nitrogens with zero attached hydrogens (tertiary/aromatic N) is 1. The molecule has 1 heteroatoms. The minimum absolute atomic E-state index is 0.549. The molecule has 1 unspecified atom stereocenters. The van der Waals surface area contributed by atoms with Gasteiger partial charge in [0.25, 0.3) is 0 Å². The van der Waals surface area contributed by atoms with Gasteiger partial charge in [0.1, 0.15) is 0 Å². The predicted molar refractivity (Wildman–Crippen MR) is 55.7 cm³/mol. The number of hydrogen-bond acceptors (Lipinski definition) is 0. The molecule has 1 aliphatic carbocycles. The van der Waals surface area contributed by atoms with E-state index >= 15 is 0 Å². The lowest BCUT2D eigenvalue weighted by molar-refractivity contribution is 0.183. The van der Waals surface area contributed by atoms with Crippen LogP contribution in [0.25, 0.3) is 0 Å². The molecule has 0 aromatic carbocycles. The third kappa shape index (κ3) is 1.96. The molecule has 1 aromatic rings. The second-order valence-electron chi connectivity index (χ2n) is 5.04. The lowest BCUT2D eigenvalue weighted by Crippen LogP contribution is -2.24. The standard InChI is InChI=1S/C12H19N/c1-12(2)7-5-6-11(10-12)13-8-3-4-9-13/h3-4,8-9,11H,5-7,10H2,1-2H3. The van der Waals surface area contributed by atoms with Crippen molar-refractivity contribution in [3.8, 4) is 0 Å². The normalized spacial score (nSPS) is 27.4. The third-order valence-electron chi connectivity index (χ3n) is 3.23. The quantitative estimate of drug-likeness (QED) is 0.617. The maximum Gasteiger partial charge on any atom is 0.0335 e. The van der Waals surface area contributed by atoms with E-state index in [4.69, 9.17) is 0 Å². The highest BCUT2D eigenvalue weighted by Gasteiger charge is 2.28. The average Bonchev–Trinajstić information content (AvgIpc) is 2.53. The SMILES string of the molecule is CC1(C)CCCC(n2cccc2)C1. The fourth-order valence-corrected chi connectivity index (χ4v) is 2.50. The van der Waals surface area contributed by atoms with Crippen LogP contribution in [0, 0.1) is 5.41 Å². The highest BCUT2D eigenvalue weighted by Crippen LogP contribution is 2.40. The Bertz CT molecular complexity index is 259. The summed E-state index contributed by atoms with van der Waals surface area (Å²) in [5, 5.41) is 0. The second kappa shape index (κ2) is 3.21. The van der Waals surface area contributed by atoms with Crippen molar-refractivity contribution in [2.45, 2.75) is 45.6 Å². The molecule has 72 valence electrons. The van der Waals surface area contributed by atoms with Gasteiger partial charge in [0.2, 0.25) is 0 Å². The van der Waals surface area contributed by atoms with Crippen LogP contribution >= 0.6 is 0 Å². The molecule has 0 aliphatic heterocycles. The van der Waals surface area contributed by atoms with Crippen LogP contribution in [0.3, 0.4) is 0 Å². The van der Waals surface area contributed by atoms with Crippen molar-refractivity contribution in [1.82, 2.24) is 4.57 Å². The summed E-state index contributed by atoms with van der Waals surface area (Å²) in [5.74, 6) is 0. The van der Waals surface area contributed by atoms with Gasteiger partial charge >= 0.3 is 0 Å². The van der Waals surface area contributed by atoms with E-state index in [1.165, 1.54) is 25.7 Å². The summed E-state index contributed by atoms with van der Waals surface area (Å²) in [6, 6.07) is 5.00. The van der Waals surface area contributed by atoms with E-state index in [2.05, 4.69) is 42.9 Å². The summed E-state index contributed by atoms with van der Waals surface area (Å²) >= 11 is 0. The van der Waals surface area contributed by atoms with Gasteiger partial charge in [0, 0.05) is 18.4 Å². The molecule has 1 fully saturated rings. The highest BCUT2D eigenvalue weighted by molar-refractivity contribution is 4.95. The Morgan fingerprint density at radius 2 is 1.92 bits per heavy atom. The topological polar surface area (TPSA) is 4.93 Å². The first-order valence-corrected chi connectivity index (χ1v) is 5.30. The van der Waals surface area contributed by atoms with E-state index in [9.17, 15) is 0 Å². The molecule has 1 aliphatic rings. The molecular formula is C12H19N. The van der Waals surface area contributed by atoms with Crippen molar-refractivity contribution in [1.29, 1.82) is 0 Å². The van der Waals surface area contributed by atoms with Crippen LogP contribution in [0.5, 0.6) is 0 Å². The minimum atomic E-state index is 0.549. The minimum Gasteiger partial charge on any atom is -0.351 e. The molecule has 1 nitrogen and oxygen atoms in total. The molecule has 0 saturated heterocycles. The van der Waals surface area contributed by atoms with Crippen LogP contribution in [0.4, 0.5) is 0 Å². The van der Waals surface area contributed by atoms with Gasteiger partial charge in [0.05, 0.1) is 0 Å². The molecule has 1 heterocycles. The van der Waals surface area contributed by atoms with Gasteiger partial charge < -0.3 is 4.57 Å². The van der Waals surface area contributed by atoms with Crippen molar-refractivity contribution in [3.05, 3.63) is 24.5 Å². The Kier molecular flexibility index (Phi) is 2.19. The van der Waals surface area contributed by atoms with Crippen LogP contribution in [-0.2, 0) is 0 Å². The van der Waals surface area contributed by atoms with E-state index in [1.807, 2.05) is 0 Å². The molecule has 0 N–H and O–H groups in total. The maximum absolute atomic E-state index is 2.39. The molecule has 0 amide bonds. The molecule has 0 spiro atoms. The van der Waals surface area contributed by atoms with Gasteiger partial charge in [-0.25, -0.2) is 0 Å². The Balaban J connectivity index is 2.09. The highest BCUT2D eigenvalue weighted by atomic mass is 15.0. The lowest BCUT2D eigenvalue weighted by atomic mass is 9.75. The Morgan fingerprint density at radius 1 is 1.23 bits per heavy atom. The molecule has 0 radical (unpaired) electrons. The maximum atomic E-state index is 2.39. The van der Waals surface area contributed by atoms with E-state index in [0.29, 0.717) is 5.41 Å². The van der Waals surface area contributed by atoms with Crippen molar-refractivity contribution in [2.24, 2.45) is 5.41 Å². The first-order valence-electron chi connectivity index (χ1n) is 5.30. The summed E-state index contributed by atoms with van der Waals surface area (Å²) < 4.78 is 2.38. The van der Waals surface area contributed by atoms with Crippen LogP contribution in [-0.4, -0.2) is 4.57 Å². The smallest absolute Gasteiger partial charge is 0.0335 e. The van der Waals surface area contributed by atoms with E-state index < -0.39 is 0 Å². The van der Waals surface area contributed by atoms with Crippen molar-refractivity contribution >= 4 is 0 Å². The Hall–Kier alpha value is -0.720. The summed E-state index contributed by atoms with van der Waals surface area (Å²) in [4.78, 5) is 0. The molecule has 2 rings (SSSR count). The van der Waals surface area contributed by atoms with Crippen LogP contribution in [0.15, 0.2) is 24.5 Å². The predicted octanol–water partition coefficient (Wildman–Crippen LogP) is 3.63. The Labute approximate surface area is 80.8 Å². The molecule has 1 atom stereocenters. The fraction of sp³-hybridized carbons (Fsp3) is 0.667. The molecule has 13 heavy (non-hydrogen) atoms. The van der Waals surface area contributed by atoms with Crippen LogP contribution in [0.2, 0.25) is 0 Å². The van der Waals surface area contributed by atoms with Crippen molar-refractivity contribution in [2.75, 3.05) is 0 Å². The summed E-state index contributed by atoms with van der Waals surface area (Å²) in [5.41, 5.74) is 0.549. The van der Waals surface area contributed by atoms with Gasteiger partial charge in [-0.05, 0) is 36.8 Å². The molecule has 1 aromatic heterocycles. The zero-order valence-corrected chi connectivity index (χ0v) is 8.66. The Morgan fingerprint density at radius 3 is 2.54 bits per heavy atom. The first kappa shape index (κ1) is 8.86. The molecule has 0 bridgehead atoms. The third-order valence-corrected chi connectivity index (χ3v) is 3.23. The number of hydrogen-bond donors (Lipinski definition) is 0. The summed E-state index contributed by atoms with van der Waals surface area (Å²) in [7, 11) is 0. The van der Waals surface area contributed by atoms with Crippen molar-refractivity contribution < 1.29 is 0 Å². The fourth-order valence-electron chi connectivity index (χ4n) is 2.50. The van der Waals surface area contributed by atoms with Gasteiger partial charge in [0.15, 0.2) is 0 Å². The van der Waals surface area contributed by atoms with Gasteiger partial charge in [-0.1, -0.05) is 20.3 Å². The largest absolute Gasteiger partial charge is 0.351 e. The first-order chi connectivity index (χ1) is 6.17. The molecule has 1 saturated carbocycles. The second-order valence-corrected chi connectivity index (χ2v) is 5.04. The van der Waals surface area contributed by atoms with Crippen molar-refractivity contribution in [3.63, 3.8) is 0 Å². The number of aromatic nitrogens is 1. The van der Waals surface area contributed by atoms with Gasteiger partial charge in [-0.15, -0.1) is 0 Å². The van der Waals surface area contributed by atoms with E-state index in [0.717, 1.165) is 6.04 Å². The van der Waals surface area contributed by atoms with Gasteiger partial charge in [-0.3, -0.25) is 0 Å². The zero-order chi connectivity index (χ0) is 9.31. The zero-order valence-electron chi connectivity index (χ0n) is 8.66. The van der Waals surface area contributed by atoms with Crippen LogP contribution in [0.1, 0.15) is 45.6 Å². The summed E-state index contributed by atoms with van der Waals surface area (Å²) in [6.07, 6.45) is 9.87. The van der Waals surface area contributed by atoms with E-state index in [1.54, 1.807) is 0 Å².